The molecule has 0 radical (unpaired) electrons. The van der Waals surface area contributed by atoms with Crippen LogP contribution in [0.25, 0.3) is 0 Å². The molecule has 0 saturated carbocycles. The summed E-state index contributed by atoms with van der Waals surface area (Å²) in [5, 5.41) is 0. The minimum atomic E-state index is -0.474. The van der Waals surface area contributed by atoms with Gasteiger partial charge in [0.05, 0.1) is 0 Å². The molecule has 2 heterocycles. The van der Waals surface area contributed by atoms with Crippen LogP contribution in [-0.2, 0) is 11.3 Å². The minimum absolute atomic E-state index is 0.225. The van der Waals surface area contributed by atoms with E-state index in [-0.39, 0.29) is 11.6 Å². The Balaban J connectivity index is 1.81. The Morgan fingerprint density at radius 2 is 2.00 bits per heavy atom. The molecule has 164 valence electrons. The Labute approximate surface area is 177 Å². The van der Waals surface area contributed by atoms with Gasteiger partial charge in [-0.1, -0.05) is 6.07 Å². The molecule has 1 amide bonds. The number of carbonyl (C=O) groups is 1. The molecule has 0 aromatic carbocycles. The van der Waals surface area contributed by atoms with Gasteiger partial charge in [0.25, 0.3) is 0 Å². The predicted molar refractivity (Wildman–Crippen MR) is 118 cm³/mol. The number of ether oxygens (including phenoxy) is 1. The summed E-state index contributed by atoms with van der Waals surface area (Å²) in [6, 6.07) is 4.12. The molecular formula is C23H40N4O2. The average Bonchev–Trinajstić information content (AvgIpc) is 3.00. The summed E-state index contributed by atoms with van der Waals surface area (Å²) in [6.45, 7) is 17.7. The molecule has 1 saturated heterocycles. The first kappa shape index (κ1) is 23.6. The normalized spacial score (nSPS) is 18.3. The quantitative estimate of drug-likeness (QED) is 0.690. The summed E-state index contributed by atoms with van der Waals surface area (Å²) in [5.74, 6) is 0.668. The van der Waals surface area contributed by atoms with Gasteiger partial charge in [-0.2, -0.15) is 0 Å². The van der Waals surface area contributed by atoms with Crippen LogP contribution >= 0.6 is 0 Å². The van der Waals surface area contributed by atoms with E-state index in [1.807, 2.05) is 44.1 Å². The zero-order valence-electron chi connectivity index (χ0n) is 19.4. The van der Waals surface area contributed by atoms with Gasteiger partial charge < -0.3 is 19.4 Å². The molecule has 2 rings (SSSR count). The third kappa shape index (κ3) is 8.31. The van der Waals surface area contributed by atoms with Crippen molar-refractivity contribution in [3.05, 3.63) is 30.1 Å². The molecule has 1 fully saturated rings. The van der Waals surface area contributed by atoms with Gasteiger partial charge in [0.2, 0.25) is 0 Å². The van der Waals surface area contributed by atoms with E-state index in [2.05, 4.69) is 48.7 Å². The molecule has 1 aliphatic rings. The number of rotatable bonds is 7. The molecule has 1 aliphatic heterocycles. The van der Waals surface area contributed by atoms with Crippen molar-refractivity contribution in [1.29, 1.82) is 0 Å². The highest BCUT2D eigenvalue weighted by Crippen LogP contribution is 2.21. The van der Waals surface area contributed by atoms with E-state index in [4.69, 9.17) is 4.74 Å². The van der Waals surface area contributed by atoms with Crippen molar-refractivity contribution in [1.82, 2.24) is 19.7 Å². The highest BCUT2D eigenvalue weighted by Gasteiger charge is 2.32. The zero-order chi connectivity index (χ0) is 21.7. The van der Waals surface area contributed by atoms with Crippen LogP contribution in [-0.4, -0.2) is 76.7 Å². The molecule has 1 atom stereocenters. The molecule has 0 N–H and O–H groups in total. The molecule has 0 spiro atoms. The second-order valence-electron chi connectivity index (χ2n) is 10.3. The standard InChI is InChI=1S/C23H40N4O2/c1-22(2,3)27(21(28)29-23(4,5)6)14-13-26-12-10-20(18-26)17-25(7)16-19-9-8-11-24-15-19/h8-9,11,15,20H,10,12-14,16-18H2,1-7H3/t20-/m1/s1. The number of nitrogens with zero attached hydrogens (tertiary/aromatic N) is 4. The van der Waals surface area contributed by atoms with Crippen molar-refractivity contribution < 1.29 is 9.53 Å². The monoisotopic (exact) mass is 404 g/mol. The number of hydrogen-bond acceptors (Lipinski definition) is 5. The fraction of sp³-hybridized carbons (Fsp3) is 0.739. The largest absolute Gasteiger partial charge is 0.444 e. The van der Waals surface area contributed by atoms with Crippen molar-refractivity contribution in [3.63, 3.8) is 0 Å². The van der Waals surface area contributed by atoms with Crippen LogP contribution in [0.5, 0.6) is 0 Å². The lowest BCUT2D eigenvalue weighted by Gasteiger charge is -2.37. The van der Waals surface area contributed by atoms with E-state index in [9.17, 15) is 4.79 Å². The lowest BCUT2D eigenvalue weighted by Crippen LogP contribution is -2.50. The maximum Gasteiger partial charge on any atom is 0.410 e. The molecule has 6 heteroatoms. The Hall–Kier alpha value is -1.66. The van der Waals surface area contributed by atoms with Gasteiger partial charge in [0, 0.05) is 50.7 Å². The van der Waals surface area contributed by atoms with Crippen LogP contribution in [0.2, 0.25) is 0 Å². The van der Waals surface area contributed by atoms with Crippen molar-refractivity contribution in [2.24, 2.45) is 5.92 Å². The van der Waals surface area contributed by atoms with Crippen LogP contribution in [0.1, 0.15) is 53.5 Å². The van der Waals surface area contributed by atoms with E-state index in [0.29, 0.717) is 12.5 Å². The van der Waals surface area contributed by atoms with Crippen molar-refractivity contribution in [2.45, 2.75) is 65.6 Å². The molecule has 1 aromatic heterocycles. The number of pyridine rings is 1. The Morgan fingerprint density at radius 3 is 2.59 bits per heavy atom. The molecule has 6 nitrogen and oxygen atoms in total. The first-order valence-corrected chi connectivity index (χ1v) is 10.7. The van der Waals surface area contributed by atoms with E-state index in [1.165, 1.54) is 12.0 Å². The SMILES string of the molecule is CN(Cc1cccnc1)C[C@H]1CCN(CCN(C(=O)OC(C)(C)C)C(C)(C)C)C1. The highest BCUT2D eigenvalue weighted by atomic mass is 16.6. The maximum atomic E-state index is 12.7. The fourth-order valence-corrected chi connectivity index (χ4v) is 3.83. The third-order valence-corrected chi connectivity index (χ3v) is 5.18. The number of likely N-dealkylation sites (tertiary alicyclic amines) is 1. The summed E-state index contributed by atoms with van der Waals surface area (Å²) in [6.07, 6.45) is 4.74. The lowest BCUT2D eigenvalue weighted by molar-refractivity contribution is 0.00430. The van der Waals surface area contributed by atoms with Gasteiger partial charge in [-0.05, 0) is 79.1 Å². The highest BCUT2D eigenvalue weighted by molar-refractivity contribution is 5.69. The zero-order valence-corrected chi connectivity index (χ0v) is 19.4. The van der Waals surface area contributed by atoms with Crippen molar-refractivity contribution in [3.8, 4) is 0 Å². The van der Waals surface area contributed by atoms with Crippen LogP contribution < -0.4 is 0 Å². The summed E-state index contributed by atoms with van der Waals surface area (Å²) in [7, 11) is 2.18. The summed E-state index contributed by atoms with van der Waals surface area (Å²) in [5.41, 5.74) is 0.520. The van der Waals surface area contributed by atoms with Crippen molar-refractivity contribution >= 4 is 6.09 Å². The smallest absolute Gasteiger partial charge is 0.410 e. The summed E-state index contributed by atoms with van der Waals surface area (Å²) < 4.78 is 5.63. The predicted octanol–water partition coefficient (Wildman–Crippen LogP) is 3.87. The van der Waals surface area contributed by atoms with Crippen LogP contribution in [0.4, 0.5) is 4.79 Å². The van der Waals surface area contributed by atoms with Crippen LogP contribution in [0.3, 0.4) is 0 Å². The fourth-order valence-electron chi connectivity index (χ4n) is 3.83. The van der Waals surface area contributed by atoms with E-state index in [0.717, 1.165) is 32.7 Å². The number of amides is 1. The van der Waals surface area contributed by atoms with Gasteiger partial charge in [-0.15, -0.1) is 0 Å². The van der Waals surface area contributed by atoms with Gasteiger partial charge in [-0.3, -0.25) is 4.98 Å². The third-order valence-electron chi connectivity index (χ3n) is 5.18. The molecule has 29 heavy (non-hydrogen) atoms. The maximum absolute atomic E-state index is 12.7. The lowest BCUT2D eigenvalue weighted by atomic mass is 10.1. The summed E-state index contributed by atoms with van der Waals surface area (Å²) >= 11 is 0. The number of aromatic nitrogens is 1. The Bertz CT molecular complexity index is 637. The van der Waals surface area contributed by atoms with Crippen LogP contribution in [0, 0.1) is 5.92 Å². The van der Waals surface area contributed by atoms with Crippen molar-refractivity contribution in [2.75, 3.05) is 39.8 Å². The van der Waals surface area contributed by atoms with Crippen LogP contribution in [0.15, 0.2) is 24.5 Å². The minimum Gasteiger partial charge on any atom is -0.444 e. The second kappa shape index (κ2) is 9.90. The molecule has 1 aromatic rings. The molecule has 0 aliphatic carbocycles. The second-order valence-corrected chi connectivity index (χ2v) is 10.3. The Kier molecular flexibility index (Phi) is 8.06. The molecular weight excluding hydrogens is 364 g/mol. The summed E-state index contributed by atoms with van der Waals surface area (Å²) in [4.78, 5) is 23.6. The number of carbonyl (C=O) groups excluding carboxylic acids is 1. The number of hydrogen-bond donors (Lipinski definition) is 0. The molecule has 0 unspecified atom stereocenters. The first-order chi connectivity index (χ1) is 13.4. The first-order valence-electron chi connectivity index (χ1n) is 10.7. The molecule has 0 bridgehead atoms. The van der Waals surface area contributed by atoms with Gasteiger partial charge in [0.1, 0.15) is 5.60 Å². The van der Waals surface area contributed by atoms with Gasteiger partial charge >= 0.3 is 6.09 Å². The van der Waals surface area contributed by atoms with Gasteiger partial charge in [-0.25, -0.2) is 4.79 Å². The van der Waals surface area contributed by atoms with Gasteiger partial charge in [0.15, 0.2) is 0 Å². The van der Waals surface area contributed by atoms with E-state index >= 15 is 0 Å². The average molecular weight is 405 g/mol. The van der Waals surface area contributed by atoms with E-state index in [1.54, 1.807) is 0 Å². The topological polar surface area (TPSA) is 48.9 Å². The Morgan fingerprint density at radius 1 is 1.28 bits per heavy atom. The van der Waals surface area contributed by atoms with E-state index < -0.39 is 5.60 Å².